The molecule has 1 aromatic carbocycles. The molecule has 4 aromatic rings. The van der Waals surface area contributed by atoms with E-state index in [4.69, 9.17) is 14.2 Å². The number of sulfone groups is 1. The maximum absolute atomic E-state index is 12.4. The van der Waals surface area contributed by atoms with Crippen molar-refractivity contribution in [1.29, 1.82) is 0 Å². The van der Waals surface area contributed by atoms with Crippen LogP contribution in [-0.4, -0.2) is 71.6 Å². The van der Waals surface area contributed by atoms with Crippen LogP contribution in [0.4, 0.5) is 16.3 Å². The first-order chi connectivity index (χ1) is 19.0. The van der Waals surface area contributed by atoms with E-state index in [-0.39, 0.29) is 16.9 Å². The molecule has 0 saturated carbocycles. The lowest BCUT2D eigenvalue weighted by atomic mass is 9.93. The molecule has 0 aliphatic carbocycles. The Balaban J connectivity index is 1.13. The number of fused-ring (bicyclic) bond motifs is 1. The summed E-state index contributed by atoms with van der Waals surface area (Å²) in [7, 11) is -2.86. The van der Waals surface area contributed by atoms with Crippen LogP contribution in [0.25, 0.3) is 16.9 Å². The quantitative estimate of drug-likeness (QED) is 0.300. The highest BCUT2D eigenvalue weighted by Crippen LogP contribution is 2.25. The fourth-order valence-electron chi connectivity index (χ4n) is 4.34. The van der Waals surface area contributed by atoms with Crippen LogP contribution in [0.2, 0.25) is 0 Å². The number of urea groups is 1. The number of benzene rings is 1. The maximum atomic E-state index is 12.4. The number of hydrogen-bond acceptors (Lipinski definition) is 8. The van der Waals surface area contributed by atoms with E-state index in [2.05, 4.69) is 20.7 Å². The number of anilines is 2. The van der Waals surface area contributed by atoms with E-state index in [0.29, 0.717) is 37.0 Å². The number of pyridine rings is 1. The van der Waals surface area contributed by atoms with E-state index in [1.54, 1.807) is 6.07 Å². The van der Waals surface area contributed by atoms with Crippen molar-refractivity contribution in [1.82, 2.24) is 19.4 Å². The van der Waals surface area contributed by atoms with Crippen molar-refractivity contribution in [2.45, 2.75) is 32.6 Å². The molecule has 2 N–H and O–H groups in total. The number of amides is 2. The van der Waals surface area contributed by atoms with Crippen LogP contribution in [0.5, 0.6) is 5.75 Å². The van der Waals surface area contributed by atoms with Crippen LogP contribution in [0.1, 0.15) is 33.0 Å². The molecule has 2 amide bonds. The highest BCUT2D eigenvalue weighted by molar-refractivity contribution is 7.91. The Morgan fingerprint density at radius 2 is 1.80 bits per heavy atom. The predicted octanol–water partition coefficient (Wildman–Crippen LogP) is 4.43. The van der Waals surface area contributed by atoms with Gasteiger partial charge in [0.2, 0.25) is 0 Å². The number of hydrogen-bond donors (Lipinski definition) is 2. The lowest BCUT2D eigenvalue weighted by Crippen LogP contribution is -2.40. The number of nitrogens with one attached hydrogen (secondary N) is 2. The summed E-state index contributed by atoms with van der Waals surface area (Å²) >= 11 is 0. The van der Waals surface area contributed by atoms with Gasteiger partial charge in [0, 0.05) is 48.6 Å². The third-order valence-electron chi connectivity index (χ3n) is 6.68. The van der Waals surface area contributed by atoms with Gasteiger partial charge in [-0.25, -0.2) is 18.2 Å². The molecule has 0 unspecified atom stereocenters. The van der Waals surface area contributed by atoms with E-state index in [1.807, 2.05) is 74.0 Å². The summed E-state index contributed by atoms with van der Waals surface area (Å²) in [6, 6.07) is 12.5. The lowest BCUT2D eigenvalue weighted by Gasteiger charge is -2.26. The minimum atomic E-state index is -2.86. The largest absolute Gasteiger partial charge is 0.492 e. The summed E-state index contributed by atoms with van der Waals surface area (Å²) in [6.07, 6.45) is 4.65. The van der Waals surface area contributed by atoms with Crippen molar-refractivity contribution in [2.75, 3.05) is 48.4 Å². The van der Waals surface area contributed by atoms with E-state index in [9.17, 15) is 13.2 Å². The van der Waals surface area contributed by atoms with Crippen LogP contribution in [0, 0.1) is 0 Å². The topological polar surface area (TPSA) is 131 Å². The summed E-state index contributed by atoms with van der Waals surface area (Å²) in [6.45, 7) is 8.58. The Labute approximate surface area is 233 Å². The van der Waals surface area contributed by atoms with Crippen LogP contribution in [-0.2, 0) is 15.3 Å². The second kappa shape index (κ2) is 11.3. The summed E-state index contributed by atoms with van der Waals surface area (Å²) in [4.78, 5) is 19.3. The van der Waals surface area contributed by atoms with Gasteiger partial charge in [-0.1, -0.05) is 38.1 Å². The molecule has 3 aromatic heterocycles. The molecule has 12 heteroatoms. The van der Waals surface area contributed by atoms with Gasteiger partial charge in [0.05, 0.1) is 30.0 Å². The highest BCUT2D eigenvalue weighted by atomic mass is 32.2. The second-order valence-corrected chi connectivity index (χ2v) is 13.2. The maximum Gasteiger partial charge on any atom is 0.324 e. The molecule has 1 aliphatic rings. The number of imidazole rings is 1. The molecule has 0 spiro atoms. The fraction of sp³-hybridized carbons (Fsp3) is 0.393. The zero-order chi connectivity index (χ0) is 28.3. The summed E-state index contributed by atoms with van der Waals surface area (Å²) in [5.74, 6) is 2.26. The first-order valence-corrected chi connectivity index (χ1v) is 15.1. The number of carbonyl (C=O) groups excluding carboxylic acids is 1. The van der Waals surface area contributed by atoms with Crippen LogP contribution in [0.3, 0.4) is 0 Å². The minimum absolute atomic E-state index is 0.200. The average molecular weight is 567 g/mol. The van der Waals surface area contributed by atoms with Gasteiger partial charge in [-0.2, -0.15) is 0 Å². The third kappa shape index (κ3) is 6.99. The van der Waals surface area contributed by atoms with Crippen LogP contribution in [0.15, 0.2) is 59.4 Å². The van der Waals surface area contributed by atoms with Gasteiger partial charge >= 0.3 is 6.03 Å². The van der Waals surface area contributed by atoms with Crippen molar-refractivity contribution in [3.63, 3.8) is 0 Å². The Bertz CT molecular complexity index is 1570. The molecule has 1 aliphatic heterocycles. The van der Waals surface area contributed by atoms with E-state index in [1.165, 1.54) is 0 Å². The molecule has 0 radical (unpaired) electrons. The molecular weight excluding hydrogens is 532 g/mol. The molecule has 1 saturated heterocycles. The summed E-state index contributed by atoms with van der Waals surface area (Å²) < 4.78 is 36.3. The second-order valence-electron chi connectivity index (χ2n) is 10.9. The number of aromatic nitrogens is 3. The minimum Gasteiger partial charge on any atom is -0.492 e. The molecule has 4 heterocycles. The van der Waals surface area contributed by atoms with Gasteiger partial charge in [0.15, 0.2) is 15.7 Å². The lowest BCUT2D eigenvalue weighted by molar-refractivity contribution is 0.245. The fourth-order valence-corrected chi connectivity index (χ4v) is 5.62. The standard InChI is InChI=1S/C28H34N6O5S/c1-28(2,3)24-17-25(32-39-24)31-27(35)29-21-7-5-20(6-8-21)23-19-34-18-22(9-10-26(34)30-23)38-14-4-11-33-12-15-40(36,37)16-13-33/h5-10,17-19H,4,11-16H2,1-3H3,(H2,29,31,32,35). The van der Waals surface area contributed by atoms with Gasteiger partial charge < -0.3 is 23.9 Å². The van der Waals surface area contributed by atoms with E-state index >= 15 is 0 Å². The summed E-state index contributed by atoms with van der Waals surface area (Å²) in [5.41, 5.74) is 2.93. The first-order valence-electron chi connectivity index (χ1n) is 13.2. The molecule has 0 atom stereocenters. The van der Waals surface area contributed by atoms with Crippen molar-refractivity contribution >= 4 is 33.0 Å². The Morgan fingerprint density at radius 1 is 1.05 bits per heavy atom. The van der Waals surface area contributed by atoms with Crippen molar-refractivity contribution in [3.05, 3.63) is 60.6 Å². The first kappa shape index (κ1) is 27.7. The SMILES string of the molecule is CC(C)(C)c1cc(NC(=O)Nc2ccc(-c3cn4cc(OCCCN5CCS(=O)(=O)CC5)ccc4n3)cc2)no1. The number of nitrogens with zero attached hydrogens (tertiary/aromatic N) is 4. The molecule has 11 nitrogen and oxygen atoms in total. The number of carbonyl (C=O) groups is 1. The molecule has 0 bridgehead atoms. The van der Waals surface area contributed by atoms with E-state index in [0.717, 1.165) is 35.6 Å². The Hall–Kier alpha value is -3.90. The Morgan fingerprint density at radius 3 is 2.50 bits per heavy atom. The van der Waals surface area contributed by atoms with Crippen LogP contribution < -0.4 is 15.4 Å². The zero-order valence-corrected chi connectivity index (χ0v) is 23.7. The van der Waals surface area contributed by atoms with Gasteiger partial charge in [-0.3, -0.25) is 5.32 Å². The Kier molecular flexibility index (Phi) is 7.81. The molecule has 212 valence electrons. The number of ether oxygens (including phenoxy) is 1. The molecule has 5 rings (SSSR count). The molecule has 40 heavy (non-hydrogen) atoms. The third-order valence-corrected chi connectivity index (χ3v) is 8.29. The molecule has 1 fully saturated rings. The zero-order valence-electron chi connectivity index (χ0n) is 22.9. The molecular formula is C28H34N6O5S. The van der Waals surface area contributed by atoms with Crippen molar-refractivity contribution < 1.29 is 22.5 Å². The van der Waals surface area contributed by atoms with Crippen LogP contribution >= 0.6 is 0 Å². The van der Waals surface area contributed by atoms with Gasteiger partial charge in [-0.05, 0) is 30.7 Å². The highest BCUT2D eigenvalue weighted by Gasteiger charge is 2.21. The summed E-state index contributed by atoms with van der Waals surface area (Å²) in [5, 5.41) is 9.38. The average Bonchev–Trinajstić information content (AvgIpc) is 3.55. The smallest absolute Gasteiger partial charge is 0.324 e. The van der Waals surface area contributed by atoms with Gasteiger partial charge in [0.25, 0.3) is 0 Å². The van der Waals surface area contributed by atoms with Gasteiger partial charge in [-0.15, -0.1) is 0 Å². The van der Waals surface area contributed by atoms with Gasteiger partial charge in [0.1, 0.15) is 17.2 Å². The predicted molar refractivity (Wildman–Crippen MR) is 154 cm³/mol. The normalized spacial score (nSPS) is 15.7. The van der Waals surface area contributed by atoms with Crippen molar-refractivity contribution in [2.24, 2.45) is 0 Å². The van der Waals surface area contributed by atoms with E-state index < -0.39 is 15.9 Å². The monoisotopic (exact) mass is 566 g/mol. The number of rotatable bonds is 8. The van der Waals surface area contributed by atoms with Crippen molar-refractivity contribution in [3.8, 4) is 17.0 Å².